The number of para-hydroxylation sites is 1. The minimum Gasteiger partial charge on any atom is -0.484 e. The molecule has 1 atom stereocenters. The highest BCUT2D eigenvalue weighted by Gasteiger charge is 2.30. The van der Waals surface area contributed by atoms with Gasteiger partial charge in [-0.2, -0.15) is 0 Å². The molecule has 0 radical (unpaired) electrons. The Hall–Kier alpha value is -3.60. The average Bonchev–Trinajstić information content (AvgIpc) is 2.86. The molecule has 1 unspecified atom stereocenters. The fourth-order valence-corrected chi connectivity index (χ4v) is 4.01. The van der Waals surface area contributed by atoms with E-state index in [4.69, 9.17) is 4.74 Å². The Morgan fingerprint density at radius 2 is 1.63 bits per heavy atom. The van der Waals surface area contributed by atoms with E-state index in [0.29, 0.717) is 25.3 Å². The van der Waals surface area contributed by atoms with Crippen LogP contribution in [-0.4, -0.2) is 35.9 Å². The lowest BCUT2D eigenvalue weighted by atomic mass is 10.0. The third-order valence-corrected chi connectivity index (χ3v) is 5.98. The highest BCUT2D eigenvalue weighted by atomic mass is 16.5. The summed E-state index contributed by atoms with van der Waals surface area (Å²) in [5.41, 5.74) is 4.06. The second-order valence-corrected chi connectivity index (χ2v) is 8.91. The minimum absolute atomic E-state index is 0.135. The predicted octanol–water partition coefficient (Wildman–Crippen LogP) is 5.24. The van der Waals surface area contributed by atoms with Gasteiger partial charge in [0.15, 0.2) is 6.61 Å². The third kappa shape index (κ3) is 7.99. The molecule has 0 aliphatic rings. The van der Waals surface area contributed by atoms with Crippen LogP contribution in [0, 0.1) is 13.8 Å². The van der Waals surface area contributed by atoms with Crippen LogP contribution in [0.2, 0.25) is 0 Å². The molecule has 0 spiro atoms. The third-order valence-electron chi connectivity index (χ3n) is 5.98. The number of carbonyl (C=O) groups excluding carboxylic acids is 2. The van der Waals surface area contributed by atoms with Crippen LogP contribution in [0.15, 0.2) is 78.9 Å². The van der Waals surface area contributed by atoms with Gasteiger partial charge in [-0.05, 0) is 43.0 Å². The minimum atomic E-state index is -0.650. The standard InChI is InChI=1S/C30H36N2O3/c1-4-5-18-31-30(34)27(20-25-14-7-6-8-15-25)32(21-26-16-11-12-23(2)19-26)29(33)22-35-28-17-10-9-13-24(28)3/h6-17,19,27H,4-5,18,20-22H2,1-3H3,(H,31,34). The van der Waals surface area contributed by atoms with Gasteiger partial charge < -0.3 is 15.0 Å². The summed E-state index contributed by atoms with van der Waals surface area (Å²) < 4.78 is 5.90. The molecule has 0 bridgehead atoms. The van der Waals surface area contributed by atoms with E-state index < -0.39 is 6.04 Å². The first-order valence-electron chi connectivity index (χ1n) is 12.3. The van der Waals surface area contributed by atoms with Crippen LogP contribution in [0.4, 0.5) is 0 Å². The molecule has 5 nitrogen and oxygen atoms in total. The van der Waals surface area contributed by atoms with Crippen LogP contribution < -0.4 is 10.1 Å². The predicted molar refractivity (Wildman–Crippen MR) is 140 cm³/mol. The van der Waals surface area contributed by atoms with Crippen molar-refractivity contribution in [3.63, 3.8) is 0 Å². The SMILES string of the molecule is CCCCNC(=O)C(Cc1ccccc1)N(Cc1cccc(C)c1)C(=O)COc1ccccc1C. The molecule has 5 heteroatoms. The zero-order valence-corrected chi connectivity index (χ0v) is 21.0. The van der Waals surface area contributed by atoms with Crippen molar-refractivity contribution in [1.29, 1.82) is 0 Å². The van der Waals surface area contributed by atoms with E-state index in [1.807, 2.05) is 86.6 Å². The molecule has 3 aromatic rings. The van der Waals surface area contributed by atoms with Gasteiger partial charge in [0.25, 0.3) is 5.91 Å². The van der Waals surface area contributed by atoms with Crippen molar-refractivity contribution >= 4 is 11.8 Å². The number of ether oxygens (including phenoxy) is 1. The van der Waals surface area contributed by atoms with Gasteiger partial charge >= 0.3 is 0 Å². The highest BCUT2D eigenvalue weighted by molar-refractivity contribution is 5.88. The summed E-state index contributed by atoms with van der Waals surface area (Å²) in [5, 5.41) is 3.05. The smallest absolute Gasteiger partial charge is 0.261 e. The summed E-state index contributed by atoms with van der Waals surface area (Å²) in [7, 11) is 0. The molecule has 0 aliphatic carbocycles. The monoisotopic (exact) mass is 472 g/mol. The van der Waals surface area contributed by atoms with Gasteiger partial charge in [-0.15, -0.1) is 0 Å². The maximum Gasteiger partial charge on any atom is 0.261 e. The van der Waals surface area contributed by atoms with E-state index in [-0.39, 0.29) is 18.4 Å². The van der Waals surface area contributed by atoms with Crippen molar-refractivity contribution in [2.24, 2.45) is 0 Å². The molecular formula is C30H36N2O3. The summed E-state index contributed by atoms with van der Waals surface area (Å²) in [6, 6.07) is 24.9. The number of benzene rings is 3. The van der Waals surface area contributed by atoms with Gasteiger partial charge in [0.2, 0.25) is 5.91 Å². The Morgan fingerprint density at radius 3 is 2.34 bits per heavy atom. The lowest BCUT2D eigenvalue weighted by Crippen LogP contribution is -2.51. The largest absolute Gasteiger partial charge is 0.484 e. The molecule has 35 heavy (non-hydrogen) atoms. The fraction of sp³-hybridized carbons (Fsp3) is 0.333. The normalized spacial score (nSPS) is 11.5. The van der Waals surface area contributed by atoms with Crippen molar-refractivity contribution in [2.45, 2.75) is 52.6 Å². The van der Waals surface area contributed by atoms with Gasteiger partial charge in [0, 0.05) is 19.5 Å². The maximum absolute atomic E-state index is 13.6. The van der Waals surface area contributed by atoms with Crippen molar-refractivity contribution < 1.29 is 14.3 Å². The molecule has 3 aromatic carbocycles. The molecule has 0 aliphatic heterocycles. The average molecular weight is 473 g/mol. The van der Waals surface area contributed by atoms with Gasteiger partial charge in [0.05, 0.1) is 0 Å². The molecule has 2 amide bonds. The molecular weight excluding hydrogens is 436 g/mol. The van der Waals surface area contributed by atoms with E-state index in [2.05, 4.69) is 18.3 Å². The Labute approximate surface area is 209 Å². The number of amides is 2. The quantitative estimate of drug-likeness (QED) is 0.367. The van der Waals surface area contributed by atoms with E-state index >= 15 is 0 Å². The number of carbonyl (C=O) groups is 2. The number of hydrogen-bond acceptors (Lipinski definition) is 3. The Bertz CT molecular complexity index is 1100. The second-order valence-electron chi connectivity index (χ2n) is 8.91. The summed E-state index contributed by atoms with van der Waals surface area (Å²) in [6.45, 7) is 6.84. The molecule has 0 heterocycles. The molecule has 0 fully saturated rings. The van der Waals surface area contributed by atoms with Crippen LogP contribution in [0.25, 0.3) is 0 Å². The number of aryl methyl sites for hydroxylation is 2. The van der Waals surface area contributed by atoms with Gasteiger partial charge in [-0.25, -0.2) is 0 Å². The molecule has 184 valence electrons. The van der Waals surface area contributed by atoms with Gasteiger partial charge in [-0.1, -0.05) is 91.7 Å². The van der Waals surface area contributed by atoms with Gasteiger partial charge in [-0.3, -0.25) is 9.59 Å². The summed E-state index contributed by atoms with van der Waals surface area (Å²) in [4.78, 5) is 28.7. The first-order chi connectivity index (χ1) is 17.0. The van der Waals surface area contributed by atoms with Crippen molar-refractivity contribution in [2.75, 3.05) is 13.2 Å². The molecule has 0 saturated carbocycles. The summed E-state index contributed by atoms with van der Waals surface area (Å²) >= 11 is 0. The molecule has 0 aromatic heterocycles. The maximum atomic E-state index is 13.6. The second kappa shape index (κ2) is 13.3. The molecule has 1 N–H and O–H groups in total. The van der Waals surface area contributed by atoms with Gasteiger partial charge in [0.1, 0.15) is 11.8 Å². The highest BCUT2D eigenvalue weighted by Crippen LogP contribution is 2.19. The lowest BCUT2D eigenvalue weighted by Gasteiger charge is -2.31. The van der Waals surface area contributed by atoms with Crippen molar-refractivity contribution in [1.82, 2.24) is 10.2 Å². The number of unbranched alkanes of at least 4 members (excludes halogenated alkanes) is 1. The first kappa shape index (κ1) is 26.0. The number of nitrogens with one attached hydrogen (secondary N) is 1. The fourth-order valence-electron chi connectivity index (χ4n) is 4.01. The molecule has 3 rings (SSSR count). The zero-order chi connectivity index (χ0) is 25.0. The summed E-state index contributed by atoms with van der Waals surface area (Å²) in [6.07, 6.45) is 2.31. The topological polar surface area (TPSA) is 58.6 Å². The van der Waals surface area contributed by atoms with E-state index in [1.165, 1.54) is 0 Å². The lowest BCUT2D eigenvalue weighted by molar-refractivity contribution is -0.142. The van der Waals surface area contributed by atoms with Crippen LogP contribution in [0.3, 0.4) is 0 Å². The Balaban J connectivity index is 1.89. The van der Waals surface area contributed by atoms with Crippen LogP contribution in [0.5, 0.6) is 5.75 Å². The Kier molecular flexibility index (Phi) is 9.91. The zero-order valence-electron chi connectivity index (χ0n) is 21.0. The number of rotatable bonds is 12. The van der Waals surface area contributed by atoms with Crippen LogP contribution in [-0.2, 0) is 22.6 Å². The Morgan fingerprint density at radius 1 is 0.914 bits per heavy atom. The number of nitrogens with zero attached hydrogens (tertiary/aromatic N) is 1. The van der Waals surface area contributed by atoms with Crippen molar-refractivity contribution in [3.05, 3.63) is 101 Å². The van der Waals surface area contributed by atoms with Crippen LogP contribution in [0.1, 0.15) is 42.0 Å². The van der Waals surface area contributed by atoms with Crippen LogP contribution >= 0.6 is 0 Å². The van der Waals surface area contributed by atoms with E-state index in [0.717, 1.165) is 35.1 Å². The number of hydrogen-bond donors (Lipinski definition) is 1. The van der Waals surface area contributed by atoms with E-state index in [1.54, 1.807) is 4.90 Å². The van der Waals surface area contributed by atoms with E-state index in [9.17, 15) is 9.59 Å². The summed E-state index contributed by atoms with van der Waals surface area (Å²) in [5.74, 6) is 0.309. The first-order valence-corrected chi connectivity index (χ1v) is 12.3. The van der Waals surface area contributed by atoms with Crippen molar-refractivity contribution in [3.8, 4) is 5.75 Å². The molecule has 0 saturated heterocycles.